The molecule has 1 aromatic heterocycles. The maximum Gasteiger partial charge on any atom is 0.231 e. The van der Waals surface area contributed by atoms with Crippen LogP contribution in [0.3, 0.4) is 0 Å². The van der Waals surface area contributed by atoms with E-state index in [2.05, 4.69) is 12.1 Å². The van der Waals surface area contributed by atoms with E-state index < -0.39 is 0 Å². The quantitative estimate of drug-likeness (QED) is 0.512. The summed E-state index contributed by atoms with van der Waals surface area (Å²) in [5.41, 5.74) is 0.915. The van der Waals surface area contributed by atoms with E-state index in [0.29, 0.717) is 0 Å². The van der Waals surface area contributed by atoms with Gasteiger partial charge in [-0.3, -0.25) is 4.98 Å². The molecule has 1 aliphatic heterocycles. The Morgan fingerprint density at radius 3 is 2.48 bits per heavy atom. The summed E-state index contributed by atoms with van der Waals surface area (Å²) < 4.78 is 21.9. The van der Waals surface area contributed by atoms with Crippen molar-refractivity contribution in [2.24, 2.45) is 0 Å². The Morgan fingerprint density at radius 2 is 1.68 bits per heavy atom. The molecule has 25 heavy (non-hydrogen) atoms. The molecule has 2 heterocycles. The van der Waals surface area contributed by atoms with Crippen LogP contribution in [0.2, 0.25) is 0 Å². The summed E-state index contributed by atoms with van der Waals surface area (Å²) >= 11 is 0. The molecule has 0 aliphatic carbocycles. The van der Waals surface area contributed by atoms with Crippen LogP contribution in [0.5, 0.6) is 23.0 Å². The minimum atomic E-state index is 0.258. The van der Waals surface area contributed by atoms with Crippen LogP contribution in [0.1, 0.15) is 0 Å². The smallest absolute Gasteiger partial charge is 0.231 e. The van der Waals surface area contributed by atoms with E-state index in [9.17, 15) is 0 Å². The van der Waals surface area contributed by atoms with Crippen LogP contribution in [0.25, 0.3) is 32.4 Å². The highest BCUT2D eigenvalue weighted by molar-refractivity contribution is 6.16. The van der Waals surface area contributed by atoms with Gasteiger partial charge in [-0.2, -0.15) is 0 Å². The summed E-state index contributed by atoms with van der Waals surface area (Å²) in [6, 6.07) is 12.0. The number of aromatic nitrogens is 1. The second-order valence-electron chi connectivity index (χ2n) is 5.94. The molecular formula is C20H15NO4. The molecule has 0 radical (unpaired) electrons. The number of rotatable bonds is 2. The second-order valence-corrected chi connectivity index (χ2v) is 5.94. The molecule has 5 heteroatoms. The van der Waals surface area contributed by atoms with Gasteiger partial charge in [0.2, 0.25) is 6.79 Å². The monoisotopic (exact) mass is 333 g/mol. The first kappa shape index (κ1) is 14.2. The Kier molecular flexibility index (Phi) is 2.91. The van der Waals surface area contributed by atoms with E-state index in [-0.39, 0.29) is 6.79 Å². The summed E-state index contributed by atoms with van der Waals surface area (Å²) in [6.07, 6.45) is 1.85. The molecule has 0 spiro atoms. The van der Waals surface area contributed by atoms with Gasteiger partial charge in [0.25, 0.3) is 0 Å². The number of pyridine rings is 1. The normalized spacial score (nSPS) is 12.9. The molecule has 0 saturated heterocycles. The largest absolute Gasteiger partial charge is 0.497 e. The van der Waals surface area contributed by atoms with Crippen molar-refractivity contribution in [3.63, 3.8) is 0 Å². The van der Waals surface area contributed by atoms with Crippen molar-refractivity contribution in [1.29, 1.82) is 0 Å². The van der Waals surface area contributed by atoms with Gasteiger partial charge >= 0.3 is 0 Å². The summed E-state index contributed by atoms with van der Waals surface area (Å²) in [6.45, 7) is 0.258. The second kappa shape index (κ2) is 5.14. The van der Waals surface area contributed by atoms with Crippen LogP contribution >= 0.6 is 0 Å². The van der Waals surface area contributed by atoms with Crippen molar-refractivity contribution in [3.8, 4) is 23.0 Å². The van der Waals surface area contributed by atoms with Crippen molar-refractivity contribution in [1.82, 2.24) is 4.98 Å². The van der Waals surface area contributed by atoms with Crippen LogP contribution in [0, 0.1) is 0 Å². The Labute approximate surface area is 143 Å². The lowest BCUT2D eigenvalue weighted by Crippen LogP contribution is -1.92. The summed E-state index contributed by atoms with van der Waals surface area (Å²) in [4.78, 5) is 4.71. The first-order chi connectivity index (χ1) is 12.3. The third-order valence-electron chi connectivity index (χ3n) is 4.67. The van der Waals surface area contributed by atoms with E-state index in [1.54, 1.807) is 14.2 Å². The van der Waals surface area contributed by atoms with Gasteiger partial charge in [-0.1, -0.05) is 12.1 Å². The first-order valence-electron chi connectivity index (χ1n) is 7.95. The molecule has 0 atom stereocenters. The molecule has 0 saturated carbocycles. The maximum absolute atomic E-state index is 5.53. The fourth-order valence-corrected chi connectivity index (χ4v) is 3.43. The molecule has 5 rings (SSSR count). The predicted octanol–water partition coefficient (Wildman–Crippen LogP) is 4.29. The zero-order chi connectivity index (χ0) is 17.0. The fraction of sp³-hybridized carbons (Fsp3) is 0.150. The van der Waals surface area contributed by atoms with Crippen LogP contribution in [0.4, 0.5) is 0 Å². The van der Waals surface area contributed by atoms with Gasteiger partial charge < -0.3 is 18.9 Å². The van der Waals surface area contributed by atoms with Crippen molar-refractivity contribution in [3.05, 3.63) is 42.6 Å². The van der Waals surface area contributed by atoms with Crippen molar-refractivity contribution < 1.29 is 18.9 Å². The lowest BCUT2D eigenvalue weighted by Gasteiger charge is -2.12. The van der Waals surface area contributed by atoms with Crippen LogP contribution in [0.15, 0.2) is 42.6 Å². The van der Waals surface area contributed by atoms with E-state index in [1.807, 2.05) is 30.5 Å². The summed E-state index contributed by atoms with van der Waals surface area (Å²) in [5, 5.41) is 5.14. The van der Waals surface area contributed by atoms with Gasteiger partial charge in [0, 0.05) is 33.8 Å². The predicted molar refractivity (Wildman–Crippen MR) is 96.0 cm³/mol. The number of nitrogens with zero attached hydrogens (tertiary/aromatic N) is 1. The molecule has 0 N–H and O–H groups in total. The molecule has 0 unspecified atom stereocenters. The van der Waals surface area contributed by atoms with Gasteiger partial charge in [0.15, 0.2) is 11.5 Å². The minimum Gasteiger partial charge on any atom is -0.497 e. The zero-order valence-corrected chi connectivity index (χ0v) is 13.8. The average molecular weight is 333 g/mol. The van der Waals surface area contributed by atoms with Gasteiger partial charge in [-0.15, -0.1) is 0 Å². The molecule has 124 valence electrons. The average Bonchev–Trinajstić information content (AvgIpc) is 3.12. The molecule has 4 aromatic rings. The number of fused-ring (bicyclic) bond motifs is 6. The van der Waals surface area contributed by atoms with Crippen LogP contribution in [-0.2, 0) is 0 Å². The van der Waals surface area contributed by atoms with E-state index >= 15 is 0 Å². The standard InChI is InChI=1S/C20H15NO4/c1-22-12-6-15-13-4-3-11-5-18-19(25-10-24-18)8-14(11)20(13)21-9-16(15)17(7-12)23-2/h3-9H,10H2,1-2H3. The van der Waals surface area contributed by atoms with Crippen molar-refractivity contribution in [2.75, 3.05) is 21.0 Å². The van der Waals surface area contributed by atoms with E-state index in [0.717, 1.165) is 55.4 Å². The van der Waals surface area contributed by atoms with Gasteiger partial charge in [0.05, 0.1) is 19.7 Å². The third-order valence-corrected chi connectivity index (χ3v) is 4.67. The lowest BCUT2D eigenvalue weighted by atomic mass is 10.0. The molecule has 0 fully saturated rings. The highest BCUT2D eigenvalue weighted by Gasteiger charge is 2.17. The van der Waals surface area contributed by atoms with Crippen molar-refractivity contribution in [2.45, 2.75) is 0 Å². The SMILES string of the molecule is COc1cc(OC)c2cnc3c4cc5c(cc4ccc3c2c1)OCO5. The Bertz CT molecular complexity index is 1150. The number of hydrogen-bond acceptors (Lipinski definition) is 5. The number of ether oxygens (including phenoxy) is 4. The maximum atomic E-state index is 5.53. The highest BCUT2D eigenvalue weighted by atomic mass is 16.7. The summed E-state index contributed by atoms with van der Waals surface area (Å²) in [7, 11) is 3.31. The Hall–Kier alpha value is -3.21. The Balaban J connectivity index is 1.91. The number of hydrogen-bond donors (Lipinski definition) is 0. The lowest BCUT2D eigenvalue weighted by molar-refractivity contribution is 0.174. The number of benzene rings is 3. The van der Waals surface area contributed by atoms with Gasteiger partial charge in [0.1, 0.15) is 11.5 Å². The molecule has 0 bridgehead atoms. The molecule has 0 amide bonds. The summed E-state index contributed by atoms with van der Waals surface area (Å²) in [5.74, 6) is 3.03. The van der Waals surface area contributed by atoms with Gasteiger partial charge in [-0.25, -0.2) is 0 Å². The molecule has 5 nitrogen and oxygen atoms in total. The third kappa shape index (κ3) is 1.99. The first-order valence-corrected chi connectivity index (χ1v) is 7.95. The van der Waals surface area contributed by atoms with E-state index in [1.165, 1.54) is 0 Å². The van der Waals surface area contributed by atoms with E-state index in [4.69, 9.17) is 23.9 Å². The molecule has 1 aliphatic rings. The zero-order valence-electron chi connectivity index (χ0n) is 13.8. The van der Waals surface area contributed by atoms with Crippen molar-refractivity contribution >= 4 is 32.4 Å². The topological polar surface area (TPSA) is 49.8 Å². The van der Waals surface area contributed by atoms with Gasteiger partial charge in [-0.05, 0) is 23.6 Å². The Morgan fingerprint density at radius 1 is 0.840 bits per heavy atom. The van der Waals surface area contributed by atoms with Crippen LogP contribution < -0.4 is 18.9 Å². The molecular weight excluding hydrogens is 318 g/mol. The van der Waals surface area contributed by atoms with Crippen LogP contribution in [-0.4, -0.2) is 26.0 Å². The number of methoxy groups -OCH3 is 2. The molecule has 3 aromatic carbocycles. The highest BCUT2D eigenvalue weighted by Crippen LogP contribution is 2.41. The minimum absolute atomic E-state index is 0.258. The fourth-order valence-electron chi connectivity index (χ4n) is 3.43.